The van der Waals surface area contributed by atoms with Crippen LogP contribution in [0.2, 0.25) is 5.02 Å². The largest absolute Gasteiger partial charge is 0.451 e. The number of hydrogen-bond donors (Lipinski definition) is 1. The zero-order valence-corrected chi connectivity index (χ0v) is 13.9. The summed E-state index contributed by atoms with van der Waals surface area (Å²) in [6.45, 7) is 0. The highest BCUT2D eigenvalue weighted by molar-refractivity contribution is 7.99. The van der Waals surface area contributed by atoms with Crippen molar-refractivity contribution in [2.75, 3.05) is 11.1 Å². The van der Waals surface area contributed by atoms with Crippen LogP contribution in [-0.4, -0.2) is 31.3 Å². The number of nitrogens with one attached hydrogen (secondary N) is 1. The Kier molecular flexibility index (Phi) is 5.52. The van der Waals surface area contributed by atoms with Gasteiger partial charge in [-0.25, -0.2) is 0 Å². The lowest BCUT2D eigenvalue weighted by atomic mass is 10.2. The molecule has 0 aliphatic heterocycles. The van der Waals surface area contributed by atoms with Crippen LogP contribution < -0.4 is 5.32 Å². The predicted octanol–water partition coefficient (Wildman–Crippen LogP) is 3.13. The van der Waals surface area contributed by atoms with E-state index in [9.17, 15) is 28.1 Å². The highest BCUT2D eigenvalue weighted by atomic mass is 35.5. The Bertz CT molecular complexity index is 827. The number of nitro groups is 1. The number of thioether (sulfide) groups is 1. The van der Waals surface area contributed by atoms with Crippen molar-refractivity contribution in [2.24, 2.45) is 7.05 Å². The van der Waals surface area contributed by atoms with Gasteiger partial charge in [0.05, 0.1) is 10.7 Å². The van der Waals surface area contributed by atoms with E-state index in [-0.39, 0.29) is 21.6 Å². The molecule has 1 N–H and O–H groups in total. The van der Waals surface area contributed by atoms with Crippen molar-refractivity contribution in [1.82, 2.24) is 14.8 Å². The smallest absolute Gasteiger partial charge is 0.320 e. The lowest BCUT2D eigenvalue weighted by Crippen LogP contribution is -2.16. The fraction of sp³-hybridized carbons (Fsp3) is 0.250. The van der Waals surface area contributed by atoms with Crippen molar-refractivity contribution in [3.63, 3.8) is 0 Å². The standard InChI is InChI=1S/C12H9ClF3N5O3S/c1-20-10(12(14,15)16)18-19-11(20)25-5-9(22)17-7-3-2-6(13)4-8(7)21(23)24/h2-4H,5H2,1H3,(H,17,22). The molecule has 1 heterocycles. The molecule has 0 spiro atoms. The highest BCUT2D eigenvalue weighted by Gasteiger charge is 2.37. The molecule has 0 unspecified atom stereocenters. The molecule has 0 atom stereocenters. The molecule has 13 heteroatoms. The minimum Gasteiger partial charge on any atom is -0.320 e. The second kappa shape index (κ2) is 7.27. The molecule has 8 nitrogen and oxygen atoms in total. The first kappa shape index (κ1) is 19.0. The van der Waals surface area contributed by atoms with Gasteiger partial charge in [-0.2, -0.15) is 13.2 Å². The van der Waals surface area contributed by atoms with Crippen LogP contribution in [0.1, 0.15) is 5.82 Å². The van der Waals surface area contributed by atoms with Gasteiger partial charge in [0.1, 0.15) is 5.69 Å². The first-order valence-corrected chi connectivity index (χ1v) is 7.79. The summed E-state index contributed by atoms with van der Waals surface area (Å²) in [5, 5.41) is 19.6. The number of carbonyl (C=O) groups is 1. The van der Waals surface area contributed by atoms with Crippen LogP contribution in [0.15, 0.2) is 23.4 Å². The van der Waals surface area contributed by atoms with Crippen molar-refractivity contribution in [3.8, 4) is 0 Å². The number of rotatable bonds is 5. The first-order valence-electron chi connectivity index (χ1n) is 6.42. The number of amides is 1. The summed E-state index contributed by atoms with van der Waals surface area (Å²) in [5.74, 6) is -2.17. The third kappa shape index (κ3) is 4.60. The molecule has 1 aromatic heterocycles. The number of halogens is 4. The van der Waals surface area contributed by atoms with Gasteiger partial charge >= 0.3 is 6.18 Å². The third-order valence-electron chi connectivity index (χ3n) is 2.85. The minimum absolute atomic E-state index is 0.0751. The maximum atomic E-state index is 12.6. The molecule has 2 aromatic rings. The molecule has 0 saturated carbocycles. The number of anilines is 1. The van der Waals surface area contributed by atoms with Crippen molar-refractivity contribution < 1.29 is 22.9 Å². The second-order valence-electron chi connectivity index (χ2n) is 4.62. The van der Waals surface area contributed by atoms with E-state index < -0.39 is 28.5 Å². The number of carbonyl (C=O) groups excluding carboxylic acids is 1. The van der Waals surface area contributed by atoms with Gasteiger partial charge < -0.3 is 9.88 Å². The van der Waals surface area contributed by atoms with Gasteiger partial charge in [0.2, 0.25) is 11.7 Å². The van der Waals surface area contributed by atoms with Crippen LogP contribution in [0.5, 0.6) is 0 Å². The molecule has 0 fully saturated rings. The molecule has 1 aromatic carbocycles. The van der Waals surface area contributed by atoms with Crippen molar-refractivity contribution in [3.05, 3.63) is 39.2 Å². The normalized spacial score (nSPS) is 11.4. The maximum Gasteiger partial charge on any atom is 0.451 e. The molecule has 2 rings (SSSR count). The van der Waals surface area contributed by atoms with Gasteiger partial charge in [-0.05, 0) is 12.1 Å². The van der Waals surface area contributed by atoms with Crippen LogP contribution in [0, 0.1) is 10.1 Å². The Morgan fingerprint density at radius 1 is 1.44 bits per heavy atom. The quantitative estimate of drug-likeness (QED) is 0.474. The summed E-state index contributed by atoms with van der Waals surface area (Å²) in [6, 6.07) is 3.69. The molecule has 1 amide bonds. The van der Waals surface area contributed by atoms with Gasteiger partial charge in [-0.15, -0.1) is 10.2 Å². The second-order valence-corrected chi connectivity index (χ2v) is 6.00. The fourth-order valence-electron chi connectivity index (χ4n) is 1.77. The van der Waals surface area contributed by atoms with E-state index in [1.165, 1.54) is 12.1 Å². The molecule has 0 aliphatic carbocycles. The summed E-state index contributed by atoms with van der Waals surface area (Å²) >= 11 is 6.37. The van der Waals surface area contributed by atoms with Crippen LogP contribution in [0.3, 0.4) is 0 Å². The molecule has 25 heavy (non-hydrogen) atoms. The number of aromatic nitrogens is 3. The summed E-state index contributed by atoms with van der Waals surface area (Å²) in [7, 11) is 1.12. The summed E-state index contributed by atoms with van der Waals surface area (Å²) < 4.78 is 38.6. The van der Waals surface area contributed by atoms with Gasteiger partial charge in [0.25, 0.3) is 5.69 Å². The predicted molar refractivity (Wildman–Crippen MR) is 83.5 cm³/mol. The van der Waals surface area contributed by atoms with Crippen LogP contribution in [0.25, 0.3) is 0 Å². The molecular formula is C12H9ClF3N5O3S. The van der Waals surface area contributed by atoms with Crippen LogP contribution in [-0.2, 0) is 18.0 Å². The third-order valence-corrected chi connectivity index (χ3v) is 4.11. The number of alkyl halides is 3. The van der Waals surface area contributed by atoms with E-state index >= 15 is 0 Å². The summed E-state index contributed by atoms with van der Waals surface area (Å²) in [5.41, 5.74) is -0.474. The Balaban J connectivity index is 2.05. The van der Waals surface area contributed by atoms with Crippen LogP contribution in [0.4, 0.5) is 24.5 Å². The van der Waals surface area contributed by atoms with Gasteiger partial charge in [0.15, 0.2) is 5.16 Å². The Morgan fingerprint density at radius 3 is 2.68 bits per heavy atom. The summed E-state index contributed by atoms with van der Waals surface area (Å²) in [6.07, 6.45) is -4.66. The SMILES string of the molecule is Cn1c(SCC(=O)Nc2ccc(Cl)cc2[N+](=O)[O-])nnc1C(F)(F)F. The van der Waals surface area contributed by atoms with Gasteiger partial charge in [0, 0.05) is 18.1 Å². The molecular weight excluding hydrogens is 387 g/mol. The number of nitrogens with zero attached hydrogens (tertiary/aromatic N) is 4. The Morgan fingerprint density at radius 2 is 2.12 bits per heavy atom. The van der Waals surface area contributed by atoms with E-state index in [4.69, 9.17) is 11.6 Å². The van der Waals surface area contributed by atoms with E-state index in [2.05, 4.69) is 15.5 Å². The Hall–Kier alpha value is -2.34. The van der Waals surface area contributed by atoms with Crippen molar-refractivity contribution in [1.29, 1.82) is 0 Å². The highest BCUT2D eigenvalue weighted by Crippen LogP contribution is 2.30. The number of hydrogen-bond acceptors (Lipinski definition) is 6. The molecule has 0 aliphatic rings. The Labute approximate surface area is 147 Å². The number of benzene rings is 1. The van der Waals surface area contributed by atoms with E-state index in [1.807, 2.05) is 0 Å². The molecule has 0 saturated heterocycles. The van der Waals surface area contributed by atoms with Crippen molar-refractivity contribution >= 4 is 40.6 Å². The minimum atomic E-state index is -4.66. The maximum absolute atomic E-state index is 12.6. The zero-order chi connectivity index (χ0) is 18.8. The number of nitro benzene ring substituents is 1. The molecule has 134 valence electrons. The van der Waals surface area contributed by atoms with Gasteiger partial charge in [-0.1, -0.05) is 23.4 Å². The summed E-state index contributed by atoms with van der Waals surface area (Å²) in [4.78, 5) is 22.1. The van der Waals surface area contributed by atoms with E-state index in [1.54, 1.807) is 0 Å². The van der Waals surface area contributed by atoms with E-state index in [0.29, 0.717) is 16.3 Å². The average Bonchev–Trinajstić information content (AvgIpc) is 2.88. The molecule has 0 bridgehead atoms. The van der Waals surface area contributed by atoms with Crippen LogP contribution >= 0.6 is 23.4 Å². The molecule has 0 radical (unpaired) electrons. The fourth-order valence-corrected chi connectivity index (χ4v) is 2.64. The lowest BCUT2D eigenvalue weighted by Gasteiger charge is -2.07. The van der Waals surface area contributed by atoms with E-state index in [0.717, 1.165) is 13.1 Å². The van der Waals surface area contributed by atoms with Gasteiger partial charge in [-0.3, -0.25) is 14.9 Å². The first-order chi connectivity index (χ1) is 11.6. The zero-order valence-electron chi connectivity index (χ0n) is 12.4. The van der Waals surface area contributed by atoms with Crippen molar-refractivity contribution in [2.45, 2.75) is 11.3 Å². The average molecular weight is 396 g/mol. The monoisotopic (exact) mass is 395 g/mol. The topological polar surface area (TPSA) is 103 Å². The lowest BCUT2D eigenvalue weighted by molar-refractivity contribution is -0.383.